The first kappa shape index (κ1) is 14.1. The molecule has 3 rings (SSSR count). The van der Waals surface area contributed by atoms with Crippen LogP contribution < -0.4 is 10.3 Å². The van der Waals surface area contributed by atoms with E-state index in [9.17, 15) is 4.79 Å². The third-order valence-corrected chi connectivity index (χ3v) is 3.68. The summed E-state index contributed by atoms with van der Waals surface area (Å²) >= 11 is 0. The third kappa shape index (κ3) is 2.51. The van der Waals surface area contributed by atoms with E-state index in [2.05, 4.69) is 16.0 Å². The van der Waals surface area contributed by atoms with Crippen LogP contribution in [0.5, 0.6) is 5.75 Å². The molecule has 5 nitrogen and oxygen atoms in total. The molecule has 0 atom stereocenters. The van der Waals surface area contributed by atoms with Gasteiger partial charge in [-0.3, -0.25) is 4.79 Å². The summed E-state index contributed by atoms with van der Waals surface area (Å²) in [7, 11) is 0. The van der Waals surface area contributed by atoms with Crippen molar-refractivity contribution in [3.63, 3.8) is 0 Å². The van der Waals surface area contributed by atoms with E-state index in [0.717, 1.165) is 29.9 Å². The predicted molar refractivity (Wildman–Crippen MR) is 83.5 cm³/mol. The predicted octanol–water partition coefficient (Wildman–Crippen LogP) is 2.45. The average molecular weight is 293 g/mol. The van der Waals surface area contributed by atoms with E-state index in [1.807, 2.05) is 31.2 Å². The minimum absolute atomic E-state index is 0.0613. The first-order valence-electron chi connectivity index (χ1n) is 7.04. The number of nitrogens with one attached hydrogen (secondary N) is 1. The van der Waals surface area contributed by atoms with E-state index in [1.165, 1.54) is 5.56 Å². The average Bonchev–Trinajstić information content (AvgIpc) is 2.94. The highest BCUT2D eigenvalue weighted by atomic mass is 16.5. The van der Waals surface area contributed by atoms with Crippen LogP contribution in [0, 0.1) is 18.3 Å². The molecular formula is C17H15N3O2. The van der Waals surface area contributed by atoms with Crippen LogP contribution in [0.2, 0.25) is 0 Å². The van der Waals surface area contributed by atoms with Gasteiger partial charge in [0.05, 0.1) is 12.3 Å². The maximum Gasteiger partial charge on any atom is 0.269 e. The summed E-state index contributed by atoms with van der Waals surface area (Å²) in [5, 5.41) is 8.92. The zero-order valence-electron chi connectivity index (χ0n) is 12.4. The Labute approximate surface area is 127 Å². The molecule has 110 valence electrons. The minimum Gasteiger partial charge on any atom is -0.493 e. The molecule has 5 heteroatoms. The lowest BCUT2D eigenvalue weighted by atomic mass is 10.1. The van der Waals surface area contributed by atoms with Gasteiger partial charge in [0.2, 0.25) is 0 Å². The SMILES string of the molecule is CC(=Cc1ccc2c(c1)CCO2)c1nc(C)c(C#N)c(=O)[nH]1. The number of aromatic nitrogens is 2. The number of allylic oxidation sites excluding steroid dienone is 1. The molecule has 1 N–H and O–H groups in total. The summed E-state index contributed by atoms with van der Waals surface area (Å²) in [6.07, 6.45) is 2.88. The number of fused-ring (bicyclic) bond motifs is 1. The summed E-state index contributed by atoms with van der Waals surface area (Å²) in [6.45, 7) is 4.27. The lowest BCUT2D eigenvalue weighted by molar-refractivity contribution is 0.357. The van der Waals surface area contributed by atoms with Gasteiger partial charge in [-0.25, -0.2) is 4.98 Å². The Morgan fingerprint density at radius 2 is 2.32 bits per heavy atom. The van der Waals surface area contributed by atoms with Crippen LogP contribution in [-0.4, -0.2) is 16.6 Å². The summed E-state index contributed by atoms with van der Waals surface area (Å²) in [5.74, 6) is 1.42. The Morgan fingerprint density at radius 3 is 3.05 bits per heavy atom. The Kier molecular flexibility index (Phi) is 3.51. The minimum atomic E-state index is -0.403. The summed E-state index contributed by atoms with van der Waals surface area (Å²) in [4.78, 5) is 18.8. The number of hydrogen-bond acceptors (Lipinski definition) is 4. The van der Waals surface area contributed by atoms with Gasteiger partial charge in [0.1, 0.15) is 23.2 Å². The monoisotopic (exact) mass is 293 g/mol. The zero-order valence-corrected chi connectivity index (χ0v) is 12.4. The van der Waals surface area contributed by atoms with Crippen LogP contribution in [-0.2, 0) is 6.42 Å². The van der Waals surface area contributed by atoms with Crippen molar-refractivity contribution in [1.29, 1.82) is 5.26 Å². The molecular weight excluding hydrogens is 278 g/mol. The molecule has 0 saturated heterocycles. The standard InChI is InChI=1S/C17H15N3O2/c1-10(16-19-11(2)14(9-18)17(21)20-16)7-12-3-4-15-13(8-12)5-6-22-15/h3-4,7-8H,5-6H2,1-2H3,(H,19,20,21). The number of aryl methyl sites for hydroxylation is 1. The molecule has 0 unspecified atom stereocenters. The molecule has 0 amide bonds. The van der Waals surface area contributed by atoms with Crippen LogP contribution in [0.3, 0.4) is 0 Å². The summed E-state index contributed by atoms with van der Waals surface area (Å²) < 4.78 is 5.49. The second kappa shape index (κ2) is 5.49. The van der Waals surface area contributed by atoms with E-state index in [0.29, 0.717) is 11.5 Å². The fourth-order valence-electron chi connectivity index (χ4n) is 2.52. The number of nitriles is 1. The number of rotatable bonds is 2. The molecule has 2 aromatic rings. The van der Waals surface area contributed by atoms with Crippen molar-refractivity contribution in [2.24, 2.45) is 0 Å². The molecule has 1 aliphatic rings. The third-order valence-electron chi connectivity index (χ3n) is 3.68. The molecule has 2 heterocycles. The van der Waals surface area contributed by atoms with Gasteiger partial charge >= 0.3 is 0 Å². The normalized spacial score (nSPS) is 13.4. The van der Waals surface area contributed by atoms with Crippen molar-refractivity contribution in [3.8, 4) is 11.8 Å². The highest BCUT2D eigenvalue weighted by Gasteiger charge is 2.12. The van der Waals surface area contributed by atoms with E-state index in [-0.39, 0.29) is 5.56 Å². The van der Waals surface area contributed by atoms with Crippen LogP contribution in [0.4, 0.5) is 0 Å². The molecule has 22 heavy (non-hydrogen) atoms. The fraction of sp³-hybridized carbons (Fsp3) is 0.235. The molecule has 0 aliphatic carbocycles. The maximum atomic E-state index is 11.8. The van der Waals surface area contributed by atoms with Crippen LogP contribution in [0.25, 0.3) is 11.6 Å². The van der Waals surface area contributed by atoms with E-state index < -0.39 is 5.56 Å². The quantitative estimate of drug-likeness (QED) is 0.922. The fourth-order valence-corrected chi connectivity index (χ4v) is 2.52. The number of benzene rings is 1. The lowest BCUT2D eigenvalue weighted by Gasteiger charge is -2.05. The van der Waals surface area contributed by atoms with Crippen molar-refractivity contribution < 1.29 is 4.74 Å². The smallest absolute Gasteiger partial charge is 0.269 e. The number of aromatic amines is 1. The van der Waals surface area contributed by atoms with Gasteiger partial charge < -0.3 is 9.72 Å². The van der Waals surface area contributed by atoms with Gasteiger partial charge in [-0.2, -0.15) is 5.26 Å². The largest absolute Gasteiger partial charge is 0.493 e. The highest BCUT2D eigenvalue weighted by Crippen LogP contribution is 2.27. The number of ether oxygens (including phenoxy) is 1. The molecule has 1 aromatic heterocycles. The van der Waals surface area contributed by atoms with Gasteiger partial charge in [-0.1, -0.05) is 6.07 Å². The van der Waals surface area contributed by atoms with Crippen molar-refractivity contribution in [2.75, 3.05) is 6.61 Å². The van der Waals surface area contributed by atoms with E-state index in [1.54, 1.807) is 6.92 Å². The van der Waals surface area contributed by atoms with Gasteiger partial charge in [-0.15, -0.1) is 0 Å². The molecule has 1 aromatic carbocycles. The maximum absolute atomic E-state index is 11.8. The van der Waals surface area contributed by atoms with Gasteiger partial charge in [0.25, 0.3) is 5.56 Å². The highest BCUT2D eigenvalue weighted by molar-refractivity contribution is 5.77. The van der Waals surface area contributed by atoms with Crippen LogP contribution in [0.1, 0.15) is 35.1 Å². The second-order valence-electron chi connectivity index (χ2n) is 5.28. The van der Waals surface area contributed by atoms with Crippen LogP contribution >= 0.6 is 0 Å². The van der Waals surface area contributed by atoms with Crippen molar-refractivity contribution in [1.82, 2.24) is 9.97 Å². The molecule has 0 fully saturated rings. The first-order valence-corrected chi connectivity index (χ1v) is 7.04. The van der Waals surface area contributed by atoms with Crippen molar-refractivity contribution >= 4 is 11.6 Å². The molecule has 1 aliphatic heterocycles. The molecule has 0 radical (unpaired) electrons. The van der Waals surface area contributed by atoms with Gasteiger partial charge in [0, 0.05) is 6.42 Å². The lowest BCUT2D eigenvalue weighted by Crippen LogP contribution is -2.16. The summed E-state index contributed by atoms with van der Waals surface area (Å²) in [5.41, 5.74) is 3.16. The number of nitrogens with zero attached hydrogens (tertiary/aromatic N) is 2. The van der Waals surface area contributed by atoms with E-state index >= 15 is 0 Å². The topological polar surface area (TPSA) is 78.8 Å². The molecule has 0 saturated carbocycles. The number of H-pyrrole nitrogens is 1. The van der Waals surface area contributed by atoms with Crippen molar-refractivity contribution in [3.05, 3.63) is 56.8 Å². The van der Waals surface area contributed by atoms with Crippen molar-refractivity contribution in [2.45, 2.75) is 20.3 Å². The molecule has 0 bridgehead atoms. The van der Waals surface area contributed by atoms with Gasteiger partial charge in [-0.05, 0) is 48.8 Å². The Balaban J connectivity index is 1.99. The Morgan fingerprint density at radius 1 is 1.50 bits per heavy atom. The summed E-state index contributed by atoms with van der Waals surface area (Å²) in [6, 6.07) is 7.89. The Hall–Kier alpha value is -2.87. The second-order valence-corrected chi connectivity index (χ2v) is 5.28. The molecule has 0 spiro atoms. The van der Waals surface area contributed by atoms with Gasteiger partial charge in [0.15, 0.2) is 0 Å². The van der Waals surface area contributed by atoms with Crippen LogP contribution in [0.15, 0.2) is 23.0 Å². The zero-order chi connectivity index (χ0) is 15.7. The number of hydrogen-bond donors (Lipinski definition) is 1. The van der Waals surface area contributed by atoms with E-state index in [4.69, 9.17) is 10.00 Å². The first-order chi connectivity index (χ1) is 10.6. The Bertz CT molecular complexity index is 872.